The lowest BCUT2D eigenvalue weighted by Crippen LogP contribution is -2.14. The highest BCUT2D eigenvalue weighted by molar-refractivity contribution is 5.76. The third-order valence-corrected chi connectivity index (χ3v) is 4.27. The van der Waals surface area contributed by atoms with E-state index in [0.29, 0.717) is 18.0 Å². The van der Waals surface area contributed by atoms with Gasteiger partial charge in [-0.2, -0.15) is 0 Å². The van der Waals surface area contributed by atoms with Crippen molar-refractivity contribution in [3.05, 3.63) is 30.1 Å². The molecule has 3 nitrogen and oxygen atoms in total. The average molecular weight is 271 g/mol. The number of rotatable bonds is 6. The molecule has 2 unspecified atom stereocenters. The Labute approximate surface area is 121 Å². The molecule has 1 aromatic carbocycles. The van der Waals surface area contributed by atoms with E-state index in [-0.39, 0.29) is 0 Å². The van der Waals surface area contributed by atoms with Gasteiger partial charge in [0.25, 0.3) is 0 Å². The molecule has 0 saturated heterocycles. The molecule has 1 aromatic heterocycles. The minimum Gasteiger partial charge on any atom is -0.328 e. The zero-order valence-corrected chi connectivity index (χ0v) is 12.5. The van der Waals surface area contributed by atoms with E-state index >= 15 is 0 Å². The monoisotopic (exact) mass is 271 g/mol. The van der Waals surface area contributed by atoms with Gasteiger partial charge in [-0.25, -0.2) is 4.98 Å². The van der Waals surface area contributed by atoms with Gasteiger partial charge < -0.3 is 10.3 Å². The maximum atomic E-state index is 5.85. The SMILES string of the molecule is CC(N)CCCC(C)c1nc2ccccc2n1C1CC1. The molecule has 2 atom stereocenters. The van der Waals surface area contributed by atoms with E-state index in [2.05, 4.69) is 42.7 Å². The Hall–Kier alpha value is -1.35. The van der Waals surface area contributed by atoms with Crippen LogP contribution < -0.4 is 5.73 Å². The number of aromatic nitrogens is 2. The van der Waals surface area contributed by atoms with Crippen molar-refractivity contribution in [3.8, 4) is 0 Å². The predicted octanol–water partition coefficient (Wildman–Crippen LogP) is 3.99. The zero-order chi connectivity index (χ0) is 14.1. The lowest BCUT2D eigenvalue weighted by Gasteiger charge is -2.15. The van der Waals surface area contributed by atoms with E-state index < -0.39 is 0 Å². The first kappa shape index (κ1) is 13.6. The van der Waals surface area contributed by atoms with Gasteiger partial charge in [0, 0.05) is 18.0 Å². The van der Waals surface area contributed by atoms with Crippen LogP contribution >= 0.6 is 0 Å². The first-order valence-electron chi connectivity index (χ1n) is 7.89. The molecular weight excluding hydrogens is 246 g/mol. The van der Waals surface area contributed by atoms with Gasteiger partial charge in [-0.3, -0.25) is 0 Å². The quantitative estimate of drug-likeness (QED) is 0.863. The molecule has 0 amide bonds. The van der Waals surface area contributed by atoms with Crippen molar-refractivity contribution in [2.75, 3.05) is 0 Å². The Kier molecular flexibility index (Phi) is 3.79. The first-order valence-corrected chi connectivity index (χ1v) is 7.89. The molecule has 3 rings (SSSR count). The number of hydrogen-bond acceptors (Lipinski definition) is 2. The second-order valence-electron chi connectivity index (χ2n) is 6.37. The zero-order valence-electron chi connectivity index (χ0n) is 12.5. The van der Waals surface area contributed by atoms with Gasteiger partial charge in [0.1, 0.15) is 5.82 Å². The van der Waals surface area contributed by atoms with Crippen molar-refractivity contribution >= 4 is 11.0 Å². The number of para-hydroxylation sites is 2. The van der Waals surface area contributed by atoms with Crippen molar-refractivity contribution in [1.82, 2.24) is 9.55 Å². The van der Waals surface area contributed by atoms with Crippen LogP contribution in [0.4, 0.5) is 0 Å². The number of nitrogens with zero attached hydrogens (tertiary/aromatic N) is 2. The van der Waals surface area contributed by atoms with E-state index in [9.17, 15) is 0 Å². The first-order chi connectivity index (χ1) is 9.66. The summed E-state index contributed by atoms with van der Waals surface area (Å²) in [6.45, 7) is 4.39. The Morgan fingerprint density at radius 3 is 2.70 bits per heavy atom. The van der Waals surface area contributed by atoms with Gasteiger partial charge in [-0.15, -0.1) is 0 Å². The third-order valence-electron chi connectivity index (χ3n) is 4.27. The van der Waals surface area contributed by atoms with Crippen molar-refractivity contribution in [1.29, 1.82) is 0 Å². The minimum atomic E-state index is 0.310. The van der Waals surface area contributed by atoms with Crippen molar-refractivity contribution in [2.45, 2.75) is 64.0 Å². The summed E-state index contributed by atoms with van der Waals surface area (Å²) in [7, 11) is 0. The molecule has 0 bridgehead atoms. The van der Waals surface area contributed by atoms with Gasteiger partial charge in [0.15, 0.2) is 0 Å². The highest BCUT2D eigenvalue weighted by atomic mass is 15.1. The summed E-state index contributed by atoms with van der Waals surface area (Å²) in [5, 5.41) is 0. The molecule has 108 valence electrons. The summed E-state index contributed by atoms with van der Waals surface area (Å²) in [5.74, 6) is 1.79. The standard InChI is InChI=1S/C17H25N3/c1-12(6-5-7-13(2)18)17-19-15-8-3-4-9-16(15)20(17)14-10-11-14/h3-4,8-9,12-14H,5-7,10-11,18H2,1-2H3. The topological polar surface area (TPSA) is 43.8 Å². The van der Waals surface area contributed by atoms with E-state index in [1.165, 1.54) is 37.0 Å². The van der Waals surface area contributed by atoms with Crippen LogP contribution in [0, 0.1) is 0 Å². The molecule has 1 heterocycles. The van der Waals surface area contributed by atoms with Gasteiger partial charge >= 0.3 is 0 Å². The second kappa shape index (κ2) is 5.57. The maximum absolute atomic E-state index is 5.85. The summed E-state index contributed by atoms with van der Waals surface area (Å²) in [4.78, 5) is 4.90. The summed E-state index contributed by atoms with van der Waals surface area (Å²) in [6, 6.07) is 9.54. The summed E-state index contributed by atoms with van der Waals surface area (Å²) in [5.41, 5.74) is 8.30. The van der Waals surface area contributed by atoms with Gasteiger partial charge in [0.2, 0.25) is 0 Å². The Bertz CT molecular complexity index is 581. The lowest BCUT2D eigenvalue weighted by molar-refractivity contribution is 0.526. The number of hydrogen-bond donors (Lipinski definition) is 1. The molecule has 0 spiro atoms. The van der Waals surface area contributed by atoms with Crippen molar-refractivity contribution < 1.29 is 0 Å². The van der Waals surface area contributed by atoms with Crippen LogP contribution in [0.25, 0.3) is 11.0 Å². The Balaban J connectivity index is 1.84. The van der Waals surface area contributed by atoms with Gasteiger partial charge in [-0.05, 0) is 44.7 Å². The van der Waals surface area contributed by atoms with Crippen molar-refractivity contribution in [2.24, 2.45) is 5.73 Å². The van der Waals surface area contributed by atoms with Crippen LogP contribution in [0.5, 0.6) is 0 Å². The van der Waals surface area contributed by atoms with E-state index in [4.69, 9.17) is 10.7 Å². The van der Waals surface area contributed by atoms with E-state index in [1.54, 1.807) is 0 Å². The Morgan fingerprint density at radius 1 is 1.25 bits per heavy atom. The van der Waals surface area contributed by atoms with Gasteiger partial charge in [0.05, 0.1) is 11.0 Å². The molecule has 1 fully saturated rings. The second-order valence-corrected chi connectivity index (χ2v) is 6.37. The molecule has 0 aliphatic heterocycles. The van der Waals surface area contributed by atoms with Crippen LogP contribution in [-0.2, 0) is 0 Å². The van der Waals surface area contributed by atoms with Crippen LogP contribution in [0.15, 0.2) is 24.3 Å². The fraction of sp³-hybridized carbons (Fsp3) is 0.588. The van der Waals surface area contributed by atoms with E-state index in [1.807, 2.05) is 0 Å². The van der Waals surface area contributed by atoms with Crippen LogP contribution in [0.1, 0.15) is 63.7 Å². The molecule has 2 N–H and O–H groups in total. The number of nitrogens with two attached hydrogens (primary N) is 1. The lowest BCUT2D eigenvalue weighted by atomic mass is 10.0. The van der Waals surface area contributed by atoms with Crippen LogP contribution in [-0.4, -0.2) is 15.6 Å². The fourth-order valence-electron chi connectivity index (χ4n) is 3.00. The fourth-order valence-corrected chi connectivity index (χ4v) is 3.00. The molecular formula is C17H25N3. The minimum absolute atomic E-state index is 0.310. The number of fused-ring (bicyclic) bond motifs is 1. The summed E-state index contributed by atoms with van der Waals surface area (Å²) < 4.78 is 2.49. The molecule has 2 aromatic rings. The highest BCUT2D eigenvalue weighted by Crippen LogP contribution is 2.40. The van der Waals surface area contributed by atoms with Crippen molar-refractivity contribution in [3.63, 3.8) is 0 Å². The smallest absolute Gasteiger partial charge is 0.112 e. The molecule has 20 heavy (non-hydrogen) atoms. The molecule has 1 aliphatic rings. The summed E-state index contributed by atoms with van der Waals surface area (Å²) >= 11 is 0. The van der Waals surface area contributed by atoms with Crippen LogP contribution in [0.2, 0.25) is 0 Å². The highest BCUT2D eigenvalue weighted by Gasteiger charge is 2.29. The number of imidazole rings is 1. The predicted molar refractivity (Wildman–Crippen MR) is 83.9 cm³/mol. The van der Waals surface area contributed by atoms with Crippen LogP contribution in [0.3, 0.4) is 0 Å². The maximum Gasteiger partial charge on any atom is 0.112 e. The third kappa shape index (κ3) is 2.73. The Morgan fingerprint density at radius 2 is 2.00 bits per heavy atom. The molecule has 3 heteroatoms. The molecule has 0 radical (unpaired) electrons. The number of benzene rings is 1. The average Bonchev–Trinajstić information content (AvgIpc) is 3.18. The largest absolute Gasteiger partial charge is 0.328 e. The molecule has 1 saturated carbocycles. The van der Waals surface area contributed by atoms with Gasteiger partial charge in [-0.1, -0.05) is 25.5 Å². The summed E-state index contributed by atoms with van der Waals surface area (Å²) in [6.07, 6.45) is 6.08. The molecule has 1 aliphatic carbocycles. The van der Waals surface area contributed by atoms with E-state index in [0.717, 1.165) is 11.9 Å². The normalized spacial score (nSPS) is 18.4.